The van der Waals surface area contributed by atoms with Crippen molar-refractivity contribution in [2.75, 3.05) is 20.7 Å². The first-order valence-corrected chi connectivity index (χ1v) is 8.63. The number of nitrogens with two attached hydrogens (primary N) is 1. The third-order valence-electron chi connectivity index (χ3n) is 4.50. The van der Waals surface area contributed by atoms with Crippen LogP contribution in [0.15, 0.2) is 41.3 Å². The van der Waals surface area contributed by atoms with Crippen molar-refractivity contribution in [3.05, 3.63) is 52.4 Å². The number of rotatable bonds is 7. The molecule has 3 rings (SSSR count). The number of carbonyl (C=O) groups excluding carboxylic acids is 2. The highest BCUT2D eigenvalue weighted by Crippen LogP contribution is 2.20. The van der Waals surface area contributed by atoms with Crippen LogP contribution in [0.1, 0.15) is 11.7 Å². The van der Waals surface area contributed by atoms with Crippen LogP contribution in [0.5, 0.6) is 0 Å². The minimum absolute atomic E-state index is 0.0416. The Labute approximate surface area is 165 Å². The lowest BCUT2D eigenvalue weighted by Gasteiger charge is -2.23. The van der Waals surface area contributed by atoms with Crippen LogP contribution in [0.3, 0.4) is 0 Å². The topological polar surface area (TPSA) is 147 Å². The number of benzene rings is 1. The maximum Gasteiger partial charge on any atom is 0.319 e. The summed E-state index contributed by atoms with van der Waals surface area (Å²) in [5.41, 5.74) is 6.95. The Morgan fingerprint density at radius 3 is 2.66 bits per heavy atom. The number of likely N-dealkylation sites (N-methyl/N-ethyl adjacent to an activating group) is 1. The third kappa shape index (κ3) is 3.92. The molecule has 4 N–H and O–H groups in total. The summed E-state index contributed by atoms with van der Waals surface area (Å²) in [5.74, 6) is -0.0971. The molecule has 10 nitrogen and oxygen atoms in total. The number of aromatic amines is 1. The molecule has 0 aliphatic carbocycles. The molecule has 3 aromatic rings. The second-order valence-electron chi connectivity index (χ2n) is 6.41. The van der Waals surface area contributed by atoms with Crippen LogP contribution >= 0.6 is 0 Å². The molecule has 10 heteroatoms. The van der Waals surface area contributed by atoms with Crippen molar-refractivity contribution in [1.82, 2.24) is 19.4 Å². The van der Waals surface area contributed by atoms with Gasteiger partial charge in [0.1, 0.15) is 17.8 Å². The molecule has 0 amide bonds. The Morgan fingerprint density at radius 2 is 2.07 bits per heavy atom. The van der Waals surface area contributed by atoms with Gasteiger partial charge in [0, 0.05) is 17.3 Å². The minimum atomic E-state index is -0.985. The molecule has 29 heavy (non-hydrogen) atoms. The SMILES string of the molecule is COC(=O)CN(C)C(C=O)n1ccc2[nH]c(-c3ccc(C(=N)N)cc3)nc2c1=O. The molecule has 0 radical (unpaired) electrons. The summed E-state index contributed by atoms with van der Waals surface area (Å²) < 4.78 is 5.82. The minimum Gasteiger partial charge on any atom is -0.468 e. The Hall–Kier alpha value is -3.79. The van der Waals surface area contributed by atoms with E-state index in [1.54, 1.807) is 37.4 Å². The van der Waals surface area contributed by atoms with Gasteiger partial charge in [-0.05, 0) is 13.1 Å². The summed E-state index contributed by atoms with van der Waals surface area (Å²) in [7, 11) is 2.79. The molecule has 1 aromatic carbocycles. The van der Waals surface area contributed by atoms with Crippen LogP contribution in [0.2, 0.25) is 0 Å². The predicted molar refractivity (Wildman–Crippen MR) is 107 cm³/mol. The van der Waals surface area contributed by atoms with E-state index in [1.807, 2.05) is 0 Å². The van der Waals surface area contributed by atoms with Gasteiger partial charge in [-0.2, -0.15) is 0 Å². The number of imidazole rings is 1. The average molecular weight is 396 g/mol. The van der Waals surface area contributed by atoms with E-state index in [0.717, 1.165) is 0 Å². The van der Waals surface area contributed by atoms with Gasteiger partial charge in [-0.15, -0.1) is 0 Å². The fourth-order valence-corrected chi connectivity index (χ4v) is 2.91. The normalized spacial score (nSPS) is 12.1. The number of carbonyl (C=O) groups is 2. The molecule has 1 atom stereocenters. The van der Waals surface area contributed by atoms with Gasteiger partial charge in [0.05, 0.1) is 19.2 Å². The zero-order valence-electron chi connectivity index (χ0n) is 15.9. The number of aldehydes is 1. The molecule has 0 aliphatic heterocycles. The quantitative estimate of drug-likeness (QED) is 0.228. The molecule has 0 fully saturated rings. The van der Waals surface area contributed by atoms with Gasteiger partial charge < -0.3 is 15.5 Å². The number of fused-ring (bicyclic) bond motifs is 1. The number of pyridine rings is 1. The second-order valence-corrected chi connectivity index (χ2v) is 6.41. The molecule has 0 bridgehead atoms. The standard InChI is InChI=1S/C19H20N6O4/c1-24(9-15(27)29-2)14(10-26)25-8-7-13-16(19(25)28)23-18(22-13)12-5-3-11(4-6-12)17(20)21/h3-8,10,14H,9H2,1-2H3,(H3,20,21)(H,22,23). The number of nitrogens with zero attached hydrogens (tertiary/aromatic N) is 3. The van der Waals surface area contributed by atoms with E-state index in [4.69, 9.17) is 11.1 Å². The number of H-pyrrole nitrogens is 1. The fraction of sp³-hybridized carbons (Fsp3) is 0.211. The Bertz CT molecular complexity index is 1130. The smallest absolute Gasteiger partial charge is 0.319 e. The molecule has 0 saturated carbocycles. The molecule has 0 saturated heterocycles. The van der Waals surface area contributed by atoms with Crippen molar-refractivity contribution in [3.63, 3.8) is 0 Å². The van der Waals surface area contributed by atoms with E-state index in [1.165, 1.54) is 22.8 Å². The van der Waals surface area contributed by atoms with Crippen molar-refractivity contribution in [2.45, 2.75) is 6.17 Å². The van der Waals surface area contributed by atoms with Crippen LogP contribution in [-0.2, 0) is 14.3 Å². The second kappa shape index (κ2) is 8.07. The summed E-state index contributed by atoms with van der Waals surface area (Å²) >= 11 is 0. The molecular weight excluding hydrogens is 376 g/mol. The van der Waals surface area contributed by atoms with Gasteiger partial charge in [-0.3, -0.25) is 29.3 Å². The van der Waals surface area contributed by atoms with Gasteiger partial charge >= 0.3 is 5.97 Å². The van der Waals surface area contributed by atoms with Crippen molar-refractivity contribution in [3.8, 4) is 11.4 Å². The number of esters is 1. The number of amidine groups is 1. The highest BCUT2D eigenvalue weighted by atomic mass is 16.5. The molecule has 0 aliphatic rings. The first kappa shape index (κ1) is 20.0. The van der Waals surface area contributed by atoms with E-state index in [2.05, 4.69) is 14.7 Å². The summed E-state index contributed by atoms with van der Waals surface area (Å²) in [6, 6.07) is 8.50. The summed E-state index contributed by atoms with van der Waals surface area (Å²) in [6.07, 6.45) is 1.06. The number of methoxy groups -OCH3 is 1. The van der Waals surface area contributed by atoms with Gasteiger partial charge in [0.2, 0.25) is 0 Å². The number of nitrogen functional groups attached to an aromatic ring is 1. The number of hydrogen-bond donors (Lipinski definition) is 3. The monoisotopic (exact) mass is 396 g/mol. The lowest BCUT2D eigenvalue weighted by atomic mass is 10.1. The van der Waals surface area contributed by atoms with E-state index in [0.29, 0.717) is 28.8 Å². The number of hydrogen-bond acceptors (Lipinski definition) is 7. The summed E-state index contributed by atoms with van der Waals surface area (Å²) in [6.45, 7) is -0.154. The Kier molecular flexibility index (Phi) is 5.55. The molecule has 2 aromatic heterocycles. The maximum absolute atomic E-state index is 12.9. The number of nitrogens with one attached hydrogen (secondary N) is 2. The van der Waals surface area contributed by atoms with Gasteiger partial charge in [-0.25, -0.2) is 4.98 Å². The first-order valence-electron chi connectivity index (χ1n) is 8.63. The maximum atomic E-state index is 12.9. The molecular formula is C19H20N6O4. The third-order valence-corrected chi connectivity index (χ3v) is 4.50. The van der Waals surface area contributed by atoms with Crippen molar-refractivity contribution < 1.29 is 14.3 Å². The van der Waals surface area contributed by atoms with E-state index >= 15 is 0 Å². The highest BCUT2D eigenvalue weighted by Gasteiger charge is 2.21. The van der Waals surface area contributed by atoms with Crippen molar-refractivity contribution in [2.24, 2.45) is 5.73 Å². The first-order chi connectivity index (χ1) is 13.8. The van der Waals surface area contributed by atoms with E-state index in [9.17, 15) is 14.4 Å². The lowest BCUT2D eigenvalue weighted by Crippen LogP contribution is -2.39. The number of aromatic nitrogens is 3. The molecule has 150 valence electrons. The molecule has 2 heterocycles. The Balaban J connectivity index is 1.99. The zero-order chi connectivity index (χ0) is 21.1. The zero-order valence-corrected chi connectivity index (χ0v) is 15.9. The predicted octanol–water partition coefficient (Wildman–Crippen LogP) is 0.478. The number of ether oxygens (including phenoxy) is 1. The highest BCUT2D eigenvalue weighted by molar-refractivity contribution is 5.95. The Morgan fingerprint density at radius 1 is 1.38 bits per heavy atom. The van der Waals surface area contributed by atoms with Crippen LogP contribution in [0.25, 0.3) is 22.4 Å². The van der Waals surface area contributed by atoms with Crippen LogP contribution in [-0.4, -0.2) is 58.2 Å². The van der Waals surface area contributed by atoms with Gasteiger partial charge in [0.15, 0.2) is 11.8 Å². The van der Waals surface area contributed by atoms with Crippen LogP contribution in [0, 0.1) is 5.41 Å². The van der Waals surface area contributed by atoms with Gasteiger partial charge in [-0.1, -0.05) is 24.3 Å². The summed E-state index contributed by atoms with van der Waals surface area (Å²) in [5, 5.41) is 7.45. The van der Waals surface area contributed by atoms with E-state index in [-0.39, 0.29) is 17.9 Å². The largest absolute Gasteiger partial charge is 0.468 e. The summed E-state index contributed by atoms with van der Waals surface area (Å²) in [4.78, 5) is 44.9. The van der Waals surface area contributed by atoms with Crippen molar-refractivity contribution >= 4 is 29.1 Å². The van der Waals surface area contributed by atoms with Crippen LogP contribution < -0.4 is 11.3 Å². The average Bonchev–Trinajstić information content (AvgIpc) is 3.15. The molecule has 1 unspecified atom stereocenters. The van der Waals surface area contributed by atoms with E-state index < -0.39 is 17.7 Å². The van der Waals surface area contributed by atoms with Crippen LogP contribution in [0.4, 0.5) is 0 Å². The van der Waals surface area contributed by atoms with Crippen molar-refractivity contribution in [1.29, 1.82) is 5.41 Å². The lowest BCUT2D eigenvalue weighted by molar-refractivity contribution is -0.142. The van der Waals surface area contributed by atoms with Gasteiger partial charge in [0.25, 0.3) is 5.56 Å². The fourth-order valence-electron chi connectivity index (χ4n) is 2.91. The molecule has 0 spiro atoms.